The van der Waals surface area contributed by atoms with E-state index in [0.717, 1.165) is 17.0 Å². The van der Waals surface area contributed by atoms with Crippen molar-refractivity contribution in [1.82, 2.24) is 25.3 Å². The van der Waals surface area contributed by atoms with Crippen LogP contribution in [0.1, 0.15) is 27.4 Å². The van der Waals surface area contributed by atoms with E-state index in [1.165, 1.54) is 10.7 Å². The third kappa shape index (κ3) is 3.09. The normalized spacial score (nSPS) is 10.8. The lowest BCUT2D eigenvalue weighted by atomic mass is 10.2. The Kier molecular flexibility index (Phi) is 4.48. The lowest BCUT2D eigenvalue weighted by Gasteiger charge is -2.04. The van der Waals surface area contributed by atoms with Gasteiger partial charge >= 0.3 is 0 Å². The van der Waals surface area contributed by atoms with Crippen LogP contribution in [-0.4, -0.2) is 25.9 Å². The minimum atomic E-state index is -0.413. The highest BCUT2D eigenvalue weighted by atomic mass is 79.9. The number of nitrogens with zero attached hydrogens (tertiary/aromatic N) is 3. The number of carbonyl (C=O) groups excluding carboxylic acids is 1. The molecular formula is C16H15BrFN5O. The molecule has 0 aliphatic carbocycles. The van der Waals surface area contributed by atoms with Crippen molar-refractivity contribution in [3.8, 4) is 5.69 Å². The zero-order chi connectivity index (χ0) is 17.3. The first-order valence-corrected chi connectivity index (χ1v) is 8.05. The number of benzene rings is 1. The van der Waals surface area contributed by atoms with E-state index in [0.29, 0.717) is 11.0 Å². The summed E-state index contributed by atoms with van der Waals surface area (Å²) in [5.41, 5.74) is 3.15. The van der Waals surface area contributed by atoms with Crippen LogP contribution in [0, 0.1) is 19.7 Å². The predicted octanol–water partition coefficient (Wildman–Crippen LogP) is 3.04. The third-order valence-electron chi connectivity index (χ3n) is 3.69. The summed E-state index contributed by atoms with van der Waals surface area (Å²) in [5, 5.41) is 13.9. The first kappa shape index (κ1) is 16.4. The maximum atomic E-state index is 13.9. The Balaban J connectivity index is 1.80. The number of nitrogens with one attached hydrogen (secondary N) is 2. The van der Waals surface area contributed by atoms with Gasteiger partial charge in [-0.05, 0) is 41.9 Å². The third-order valence-corrected chi connectivity index (χ3v) is 4.27. The summed E-state index contributed by atoms with van der Waals surface area (Å²) < 4.78 is 15.7. The van der Waals surface area contributed by atoms with Crippen LogP contribution in [0.15, 0.2) is 34.9 Å². The monoisotopic (exact) mass is 391 g/mol. The number of rotatable bonds is 4. The molecule has 0 aliphatic heterocycles. The standard InChI is InChI=1S/C16H15BrFN5O/c1-9-11(10(2)21-20-9)7-19-16(24)15-12(17)8-23(22-15)14-6-4-3-5-13(14)18/h3-6,8H,7H2,1-2H3,(H,19,24)(H,20,21). The van der Waals surface area contributed by atoms with E-state index in [2.05, 4.69) is 36.5 Å². The van der Waals surface area contributed by atoms with Gasteiger partial charge < -0.3 is 5.32 Å². The molecule has 0 atom stereocenters. The Labute approximate surface area is 146 Å². The number of hydrogen-bond acceptors (Lipinski definition) is 3. The molecule has 0 aliphatic rings. The van der Waals surface area contributed by atoms with E-state index in [4.69, 9.17) is 0 Å². The molecule has 24 heavy (non-hydrogen) atoms. The number of aromatic nitrogens is 4. The average Bonchev–Trinajstić information content (AvgIpc) is 3.09. The number of aryl methyl sites for hydroxylation is 2. The minimum absolute atomic E-state index is 0.192. The Bertz CT molecular complexity index is 882. The lowest BCUT2D eigenvalue weighted by Crippen LogP contribution is -2.24. The Hall–Kier alpha value is -2.48. The SMILES string of the molecule is Cc1n[nH]c(C)c1CNC(=O)c1nn(-c2ccccc2F)cc1Br. The van der Waals surface area contributed by atoms with Gasteiger partial charge in [0.05, 0.1) is 10.2 Å². The predicted molar refractivity (Wildman–Crippen MR) is 90.5 cm³/mol. The fourth-order valence-electron chi connectivity index (χ4n) is 2.35. The smallest absolute Gasteiger partial charge is 0.273 e. The van der Waals surface area contributed by atoms with Crippen molar-refractivity contribution in [2.45, 2.75) is 20.4 Å². The van der Waals surface area contributed by atoms with Crippen LogP contribution in [0.3, 0.4) is 0 Å². The van der Waals surface area contributed by atoms with Gasteiger partial charge in [-0.2, -0.15) is 10.2 Å². The summed E-state index contributed by atoms with van der Waals surface area (Å²) in [4.78, 5) is 12.4. The van der Waals surface area contributed by atoms with Crippen LogP contribution < -0.4 is 5.32 Å². The summed E-state index contributed by atoms with van der Waals surface area (Å²) >= 11 is 3.30. The molecule has 3 rings (SSSR count). The summed E-state index contributed by atoms with van der Waals surface area (Å²) in [5.74, 6) is -0.763. The van der Waals surface area contributed by atoms with E-state index >= 15 is 0 Å². The molecular weight excluding hydrogens is 377 g/mol. The molecule has 0 bridgehead atoms. The first-order chi connectivity index (χ1) is 11.5. The number of halogens is 2. The van der Waals surface area contributed by atoms with Gasteiger partial charge in [0.1, 0.15) is 11.5 Å². The van der Waals surface area contributed by atoms with Crippen LogP contribution >= 0.6 is 15.9 Å². The van der Waals surface area contributed by atoms with Gasteiger partial charge in [0, 0.05) is 24.0 Å². The Morgan fingerprint density at radius 1 is 1.38 bits per heavy atom. The molecule has 0 saturated heterocycles. The molecule has 0 saturated carbocycles. The summed E-state index contributed by atoms with van der Waals surface area (Å²) in [7, 11) is 0. The van der Waals surface area contributed by atoms with E-state index < -0.39 is 5.82 Å². The quantitative estimate of drug-likeness (QED) is 0.717. The van der Waals surface area contributed by atoms with Gasteiger partial charge in [0.25, 0.3) is 5.91 Å². The summed E-state index contributed by atoms with van der Waals surface area (Å²) in [6, 6.07) is 6.24. The molecule has 3 aromatic rings. The van der Waals surface area contributed by atoms with Crippen molar-refractivity contribution in [2.24, 2.45) is 0 Å². The second-order valence-electron chi connectivity index (χ2n) is 5.32. The average molecular weight is 392 g/mol. The van der Waals surface area contributed by atoms with Gasteiger partial charge in [-0.3, -0.25) is 9.89 Å². The van der Waals surface area contributed by atoms with Gasteiger partial charge in [-0.25, -0.2) is 9.07 Å². The molecule has 2 heterocycles. The molecule has 2 N–H and O–H groups in total. The maximum absolute atomic E-state index is 13.9. The van der Waals surface area contributed by atoms with Crippen molar-refractivity contribution >= 4 is 21.8 Å². The molecule has 6 nitrogen and oxygen atoms in total. The minimum Gasteiger partial charge on any atom is -0.346 e. The first-order valence-electron chi connectivity index (χ1n) is 7.26. The largest absolute Gasteiger partial charge is 0.346 e. The second-order valence-corrected chi connectivity index (χ2v) is 6.17. The van der Waals surface area contributed by atoms with E-state index in [1.54, 1.807) is 24.4 Å². The number of carbonyl (C=O) groups is 1. The molecule has 1 amide bonds. The van der Waals surface area contributed by atoms with Crippen molar-refractivity contribution in [2.75, 3.05) is 0 Å². The summed E-state index contributed by atoms with van der Waals surface area (Å²) in [6.45, 7) is 4.10. The Morgan fingerprint density at radius 2 is 2.12 bits per heavy atom. The van der Waals surface area contributed by atoms with E-state index in [1.807, 2.05) is 13.8 Å². The van der Waals surface area contributed by atoms with Crippen LogP contribution in [0.4, 0.5) is 4.39 Å². The van der Waals surface area contributed by atoms with Crippen molar-refractivity contribution in [3.63, 3.8) is 0 Å². The molecule has 124 valence electrons. The molecule has 2 aromatic heterocycles. The molecule has 0 radical (unpaired) electrons. The van der Waals surface area contributed by atoms with Crippen LogP contribution in [0.25, 0.3) is 5.69 Å². The fraction of sp³-hybridized carbons (Fsp3) is 0.188. The van der Waals surface area contributed by atoms with Gasteiger partial charge in [-0.1, -0.05) is 12.1 Å². The highest BCUT2D eigenvalue weighted by Gasteiger charge is 2.18. The fourth-order valence-corrected chi connectivity index (χ4v) is 2.81. The van der Waals surface area contributed by atoms with Crippen LogP contribution in [-0.2, 0) is 6.54 Å². The number of aromatic amines is 1. The number of para-hydroxylation sites is 1. The topological polar surface area (TPSA) is 75.6 Å². The van der Waals surface area contributed by atoms with Crippen molar-refractivity contribution in [3.05, 3.63) is 63.4 Å². The summed E-state index contributed by atoms with van der Waals surface area (Å²) in [6.07, 6.45) is 1.56. The van der Waals surface area contributed by atoms with E-state index in [-0.39, 0.29) is 17.3 Å². The maximum Gasteiger partial charge on any atom is 0.273 e. The van der Waals surface area contributed by atoms with Gasteiger partial charge in [-0.15, -0.1) is 0 Å². The second kappa shape index (κ2) is 6.56. The lowest BCUT2D eigenvalue weighted by molar-refractivity contribution is 0.0944. The van der Waals surface area contributed by atoms with Crippen molar-refractivity contribution < 1.29 is 9.18 Å². The van der Waals surface area contributed by atoms with Crippen LogP contribution in [0.2, 0.25) is 0 Å². The van der Waals surface area contributed by atoms with Crippen LogP contribution in [0.5, 0.6) is 0 Å². The molecule has 8 heteroatoms. The number of amides is 1. The molecule has 1 aromatic carbocycles. The number of hydrogen-bond donors (Lipinski definition) is 2. The highest BCUT2D eigenvalue weighted by Crippen LogP contribution is 2.20. The zero-order valence-electron chi connectivity index (χ0n) is 13.1. The van der Waals surface area contributed by atoms with E-state index in [9.17, 15) is 9.18 Å². The molecule has 0 unspecified atom stereocenters. The van der Waals surface area contributed by atoms with Crippen molar-refractivity contribution in [1.29, 1.82) is 0 Å². The van der Waals surface area contributed by atoms with Gasteiger partial charge in [0.15, 0.2) is 5.69 Å². The molecule has 0 fully saturated rings. The number of H-pyrrole nitrogens is 1. The highest BCUT2D eigenvalue weighted by molar-refractivity contribution is 9.10. The van der Waals surface area contributed by atoms with Gasteiger partial charge in [0.2, 0.25) is 0 Å². The zero-order valence-corrected chi connectivity index (χ0v) is 14.7. The molecule has 0 spiro atoms. The Morgan fingerprint density at radius 3 is 2.79 bits per heavy atom.